The van der Waals surface area contributed by atoms with Crippen molar-refractivity contribution >= 4 is 0 Å². The van der Waals surface area contributed by atoms with Crippen molar-refractivity contribution in [3.05, 3.63) is 24.8 Å². The largest absolute Gasteiger partial charge is 0.311 e. The first-order valence-corrected chi connectivity index (χ1v) is 12.9. The molecule has 0 aliphatic heterocycles. The van der Waals surface area contributed by atoms with Crippen LogP contribution < -0.4 is 5.32 Å². The van der Waals surface area contributed by atoms with Crippen LogP contribution in [0.2, 0.25) is 0 Å². The minimum absolute atomic E-state index is 0.734. The van der Waals surface area contributed by atoms with Crippen LogP contribution in [0.3, 0.4) is 0 Å². The average molecular weight is 390 g/mol. The summed E-state index contributed by atoms with van der Waals surface area (Å²) in [7, 11) is 0. The van der Waals surface area contributed by atoms with Gasteiger partial charge in [0.1, 0.15) is 0 Å². The van der Waals surface area contributed by atoms with Gasteiger partial charge in [-0.2, -0.15) is 0 Å². The Morgan fingerprint density at radius 3 is 2.29 bits per heavy atom. The van der Waals surface area contributed by atoms with E-state index in [1.54, 1.807) is 0 Å². The van der Waals surface area contributed by atoms with Gasteiger partial charge in [-0.1, -0.05) is 95.8 Å². The van der Waals surface area contributed by atoms with Crippen molar-refractivity contribution in [1.82, 2.24) is 5.32 Å². The predicted octanol–water partition coefficient (Wildman–Crippen LogP) is 8.89. The van der Waals surface area contributed by atoms with E-state index < -0.39 is 0 Å². The van der Waals surface area contributed by atoms with Crippen LogP contribution in [0.25, 0.3) is 0 Å². The molecule has 0 spiro atoms. The average Bonchev–Trinajstić information content (AvgIpc) is 2.72. The fraction of sp³-hybridized carbons (Fsp3) is 0.852. The van der Waals surface area contributed by atoms with Gasteiger partial charge in [-0.25, -0.2) is 0 Å². The van der Waals surface area contributed by atoms with Gasteiger partial charge in [0.25, 0.3) is 0 Å². The monoisotopic (exact) mass is 389 g/mol. The molecule has 164 valence electrons. The molecule has 0 aromatic heterocycles. The zero-order valence-corrected chi connectivity index (χ0v) is 19.2. The summed E-state index contributed by atoms with van der Waals surface area (Å²) in [6, 6.07) is 1.48. The van der Waals surface area contributed by atoms with Crippen molar-refractivity contribution in [2.75, 3.05) is 0 Å². The molecule has 1 heteroatoms. The van der Waals surface area contributed by atoms with E-state index in [1.165, 1.54) is 128 Å². The predicted molar refractivity (Wildman–Crippen MR) is 128 cm³/mol. The summed E-state index contributed by atoms with van der Waals surface area (Å²) in [6.07, 6.45) is 34.4. The number of hydrogen-bond donors (Lipinski definition) is 1. The summed E-state index contributed by atoms with van der Waals surface area (Å²) >= 11 is 0. The fourth-order valence-corrected chi connectivity index (χ4v) is 4.52. The Morgan fingerprint density at radius 1 is 0.821 bits per heavy atom. The Hall–Kier alpha value is -0.560. The molecule has 0 aromatic carbocycles. The molecule has 1 nitrogen and oxygen atoms in total. The minimum atomic E-state index is 0.734. The second-order valence-electron chi connectivity index (χ2n) is 9.08. The van der Waals surface area contributed by atoms with Gasteiger partial charge in [-0.15, -0.1) is 6.58 Å². The third kappa shape index (κ3) is 15.4. The van der Waals surface area contributed by atoms with Crippen LogP contribution in [-0.4, -0.2) is 12.1 Å². The summed E-state index contributed by atoms with van der Waals surface area (Å²) in [4.78, 5) is 0. The molecule has 0 fully saturated rings. The minimum Gasteiger partial charge on any atom is -0.311 e. The number of nitrogens with one attached hydrogen (secondary N) is 1. The summed E-state index contributed by atoms with van der Waals surface area (Å²) in [5.41, 5.74) is 0. The first kappa shape index (κ1) is 25.5. The van der Waals surface area contributed by atoms with Gasteiger partial charge >= 0.3 is 0 Å². The van der Waals surface area contributed by atoms with Gasteiger partial charge in [0.15, 0.2) is 0 Å². The molecule has 1 aliphatic carbocycles. The van der Waals surface area contributed by atoms with Gasteiger partial charge in [0.2, 0.25) is 0 Å². The molecule has 2 unspecified atom stereocenters. The maximum Gasteiger partial charge on any atom is 0.00726 e. The quantitative estimate of drug-likeness (QED) is 0.245. The smallest absolute Gasteiger partial charge is 0.00726 e. The number of hydrogen-bond acceptors (Lipinski definition) is 1. The van der Waals surface area contributed by atoms with Crippen LogP contribution in [0.15, 0.2) is 24.8 Å². The molecule has 0 heterocycles. The van der Waals surface area contributed by atoms with Crippen LogP contribution >= 0.6 is 0 Å². The molecule has 2 atom stereocenters. The Bertz CT molecular complexity index is 359. The zero-order valence-electron chi connectivity index (χ0n) is 19.2. The lowest BCUT2D eigenvalue weighted by Gasteiger charge is -2.26. The van der Waals surface area contributed by atoms with Crippen molar-refractivity contribution in [2.24, 2.45) is 0 Å². The number of allylic oxidation sites excluding steroid dienone is 3. The Morgan fingerprint density at radius 2 is 1.50 bits per heavy atom. The molecule has 1 aliphatic rings. The Labute approximate surface area is 177 Å². The van der Waals surface area contributed by atoms with E-state index in [9.17, 15) is 0 Å². The first-order valence-electron chi connectivity index (χ1n) is 12.9. The summed E-state index contributed by atoms with van der Waals surface area (Å²) in [5.74, 6) is 0. The highest BCUT2D eigenvalue weighted by Crippen LogP contribution is 2.18. The molecule has 1 N–H and O–H groups in total. The maximum atomic E-state index is 4.13. The van der Waals surface area contributed by atoms with Crippen molar-refractivity contribution < 1.29 is 0 Å². The highest BCUT2D eigenvalue weighted by atomic mass is 14.9. The van der Waals surface area contributed by atoms with Gasteiger partial charge < -0.3 is 5.32 Å². The van der Waals surface area contributed by atoms with Crippen LogP contribution in [0.1, 0.15) is 135 Å². The highest BCUT2D eigenvalue weighted by molar-refractivity contribution is 4.85. The molecule has 0 radical (unpaired) electrons. The lowest BCUT2D eigenvalue weighted by atomic mass is 9.97. The Kier molecular flexibility index (Phi) is 18.0. The van der Waals surface area contributed by atoms with Gasteiger partial charge in [-0.3, -0.25) is 0 Å². The summed E-state index contributed by atoms with van der Waals surface area (Å²) in [6.45, 7) is 6.17. The van der Waals surface area contributed by atoms with Crippen molar-refractivity contribution in [2.45, 2.75) is 147 Å². The molecule has 0 saturated carbocycles. The van der Waals surface area contributed by atoms with Crippen molar-refractivity contribution in [3.8, 4) is 0 Å². The van der Waals surface area contributed by atoms with E-state index in [0.717, 1.165) is 12.1 Å². The lowest BCUT2D eigenvalue weighted by molar-refractivity contribution is 0.338. The third-order valence-electron chi connectivity index (χ3n) is 6.36. The van der Waals surface area contributed by atoms with Crippen molar-refractivity contribution in [3.63, 3.8) is 0 Å². The Balaban J connectivity index is 2.44. The second-order valence-corrected chi connectivity index (χ2v) is 9.08. The first-order chi connectivity index (χ1) is 13.9. The summed E-state index contributed by atoms with van der Waals surface area (Å²) in [5, 5.41) is 4.13. The van der Waals surface area contributed by atoms with Crippen molar-refractivity contribution in [1.29, 1.82) is 0 Å². The molecule has 0 aromatic rings. The molecule has 1 rings (SSSR count). The van der Waals surface area contributed by atoms with E-state index in [-0.39, 0.29) is 0 Å². The number of rotatable bonds is 13. The summed E-state index contributed by atoms with van der Waals surface area (Å²) < 4.78 is 0. The van der Waals surface area contributed by atoms with E-state index in [2.05, 4.69) is 37.0 Å². The van der Waals surface area contributed by atoms with E-state index in [0.29, 0.717) is 0 Å². The normalized spacial score (nSPS) is 21.8. The van der Waals surface area contributed by atoms with Gasteiger partial charge in [-0.05, 0) is 57.8 Å². The molecular formula is C27H51N. The van der Waals surface area contributed by atoms with Gasteiger partial charge in [0, 0.05) is 12.1 Å². The highest BCUT2D eigenvalue weighted by Gasteiger charge is 2.15. The van der Waals surface area contributed by atoms with E-state index in [4.69, 9.17) is 0 Å². The third-order valence-corrected chi connectivity index (χ3v) is 6.36. The standard InChI is InChI=1S/C27H51N/c1-3-5-7-8-15-19-23-26(22-18-6-4-2)28-27-24-20-16-13-11-9-10-12-14-17-21-25-27/h3,13,16,26-28H,1,4-12,14-15,17-25H2,2H3/b16-13-. The number of unbranched alkanes of at least 4 members (excludes halogenated alkanes) is 6. The van der Waals surface area contributed by atoms with Crippen LogP contribution in [-0.2, 0) is 0 Å². The van der Waals surface area contributed by atoms with Crippen LogP contribution in [0.4, 0.5) is 0 Å². The maximum absolute atomic E-state index is 4.13. The van der Waals surface area contributed by atoms with Crippen LogP contribution in [0, 0.1) is 0 Å². The lowest BCUT2D eigenvalue weighted by Crippen LogP contribution is -2.38. The van der Waals surface area contributed by atoms with Gasteiger partial charge in [0.05, 0.1) is 0 Å². The van der Waals surface area contributed by atoms with E-state index >= 15 is 0 Å². The molecule has 28 heavy (non-hydrogen) atoms. The van der Waals surface area contributed by atoms with E-state index in [1.807, 2.05) is 0 Å². The zero-order chi connectivity index (χ0) is 20.1. The van der Waals surface area contributed by atoms with Crippen LogP contribution in [0.5, 0.6) is 0 Å². The molecule has 0 bridgehead atoms. The second kappa shape index (κ2) is 19.7. The SMILES string of the molecule is C=CCCCCCCC(CCCCC)NC1CC/C=C\CCCCCCCC1. The molecule has 0 saturated heterocycles. The molecular weight excluding hydrogens is 338 g/mol. The molecule has 0 amide bonds. The topological polar surface area (TPSA) is 12.0 Å². The fourth-order valence-electron chi connectivity index (χ4n) is 4.52.